The van der Waals surface area contributed by atoms with Crippen LogP contribution in [0.15, 0.2) is 18.2 Å². The van der Waals surface area contributed by atoms with Crippen LogP contribution >= 0.6 is 0 Å². The standard InChI is InChI=1S/C14H19F3N2/c1-10-3-4-12(11(2)9-10)13(14(15,16)17)19-7-5-18-6-8-19/h3-4,9,13,18H,5-8H2,1-2H3/t13-/m0/s1. The van der Waals surface area contributed by atoms with Gasteiger partial charge in [-0.3, -0.25) is 4.90 Å². The summed E-state index contributed by atoms with van der Waals surface area (Å²) in [7, 11) is 0. The van der Waals surface area contributed by atoms with Gasteiger partial charge in [0.1, 0.15) is 6.04 Å². The van der Waals surface area contributed by atoms with Gasteiger partial charge in [0.15, 0.2) is 0 Å². The highest BCUT2D eigenvalue weighted by atomic mass is 19.4. The highest BCUT2D eigenvalue weighted by molar-refractivity contribution is 5.33. The SMILES string of the molecule is Cc1ccc([C@H](N2CCNCC2)C(F)(F)F)c(C)c1. The lowest BCUT2D eigenvalue weighted by molar-refractivity contribution is -0.188. The van der Waals surface area contributed by atoms with Crippen molar-refractivity contribution in [2.24, 2.45) is 0 Å². The molecule has 0 aromatic heterocycles. The van der Waals surface area contributed by atoms with Gasteiger partial charge in [-0.25, -0.2) is 0 Å². The fourth-order valence-corrected chi connectivity index (χ4v) is 2.65. The summed E-state index contributed by atoms with van der Waals surface area (Å²) in [5.41, 5.74) is 2.07. The van der Waals surface area contributed by atoms with Gasteiger partial charge in [-0.05, 0) is 25.0 Å². The largest absolute Gasteiger partial charge is 0.408 e. The zero-order valence-corrected chi connectivity index (χ0v) is 11.2. The predicted octanol–water partition coefficient (Wildman–Crippen LogP) is 2.81. The van der Waals surface area contributed by atoms with E-state index in [1.807, 2.05) is 13.0 Å². The van der Waals surface area contributed by atoms with E-state index in [-0.39, 0.29) is 0 Å². The van der Waals surface area contributed by atoms with Crippen molar-refractivity contribution in [3.05, 3.63) is 34.9 Å². The Morgan fingerprint density at radius 1 is 1.16 bits per heavy atom. The van der Waals surface area contributed by atoms with Gasteiger partial charge < -0.3 is 5.32 Å². The van der Waals surface area contributed by atoms with Crippen molar-refractivity contribution >= 4 is 0 Å². The Morgan fingerprint density at radius 3 is 2.32 bits per heavy atom. The Kier molecular flexibility index (Phi) is 4.16. The average Bonchev–Trinajstić information content (AvgIpc) is 2.32. The first-order valence-electron chi connectivity index (χ1n) is 6.48. The summed E-state index contributed by atoms with van der Waals surface area (Å²) in [6, 6.07) is 3.69. The average molecular weight is 272 g/mol. The minimum atomic E-state index is -4.24. The van der Waals surface area contributed by atoms with Crippen LogP contribution in [0.5, 0.6) is 0 Å². The van der Waals surface area contributed by atoms with Crippen molar-refractivity contribution in [3.63, 3.8) is 0 Å². The maximum atomic E-state index is 13.4. The first-order valence-corrected chi connectivity index (χ1v) is 6.48. The maximum Gasteiger partial charge on any atom is 0.408 e. The van der Waals surface area contributed by atoms with E-state index < -0.39 is 12.2 Å². The molecule has 1 atom stereocenters. The van der Waals surface area contributed by atoms with E-state index in [4.69, 9.17) is 0 Å². The maximum absolute atomic E-state index is 13.4. The molecular weight excluding hydrogens is 253 g/mol. The van der Waals surface area contributed by atoms with E-state index >= 15 is 0 Å². The van der Waals surface area contributed by atoms with E-state index in [0.29, 0.717) is 37.3 Å². The quantitative estimate of drug-likeness (QED) is 0.890. The van der Waals surface area contributed by atoms with E-state index in [9.17, 15) is 13.2 Å². The number of hydrogen-bond acceptors (Lipinski definition) is 2. The van der Waals surface area contributed by atoms with Crippen LogP contribution in [0.4, 0.5) is 13.2 Å². The van der Waals surface area contributed by atoms with Crippen LogP contribution in [-0.2, 0) is 0 Å². The lowest BCUT2D eigenvalue weighted by Gasteiger charge is -2.36. The molecule has 0 aliphatic carbocycles. The Hall–Kier alpha value is -1.07. The molecule has 0 amide bonds. The molecule has 5 heteroatoms. The van der Waals surface area contributed by atoms with Crippen molar-refractivity contribution in [1.29, 1.82) is 0 Å². The normalized spacial score (nSPS) is 19.4. The lowest BCUT2D eigenvalue weighted by Crippen LogP contribution is -2.49. The second kappa shape index (κ2) is 5.51. The third-order valence-corrected chi connectivity index (χ3v) is 3.55. The van der Waals surface area contributed by atoms with Crippen LogP contribution in [0, 0.1) is 13.8 Å². The highest BCUT2D eigenvalue weighted by Gasteiger charge is 2.45. The number of halogens is 3. The molecule has 0 radical (unpaired) electrons. The number of rotatable bonds is 2. The Balaban J connectivity index is 2.36. The van der Waals surface area contributed by atoms with Crippen LogP contribution in [0.1, 0.15) is 22.7 Å². The zero-order chi connectivity index (χ0) is 14.0. The van der Waals surface area contributed by atoms with Gasteiger partial charge >= 0.3 is 6.18 Å². The van der Waals surface area contributed by atoms with Gasteiger partial charge in [-0.2, -0.15) is 13.2 Å². The molecule has 0 bridgehead atoms. The van der Waals surface area contributed by atoms with E-state index in [1.165, 1.54) is 4.90 Å². The molecule has 1 N–H and O–H groups in total. The van der Waals surface area contributed by atoms with Gasteiger partial charge in [0.2, 0.25) is 0 Å². The summed E-state index contributed by atoms with van der Waals surface area (Å²) in [6.07, 6.45) is -4.24. The van der Waals surface area contributed by atoms with Gasteiger partial charge in [-0.15, -0.1) is 0 Å². The van der Waals surface area contributed by atoms with Crippen molar-refractivity contribution in [2.45, 2.75) is 26.1 Å². The molecule has 106 valence electrons. The number of hydrogen-bond donors (Lipinski definition) is 1. The fraction of sp³-hybridized carbons (Fsp3) is 0.571. The van der Waals surface area contributed by atoms with Crippen molar-refractivity contribution in [1.82, 2.24) is 10.2 Å². The van der Waals surface area contributed by atoms with Gasteiger partial charge in [0.05, 0.1) is 0 Å². The van der Waals surface area contributed by atoms with E-state index in [2.05, 4.69) is 5.32 Å². The van der Waals surface area contributed by atoms with Crippen LogP contribution in [-0.4, -0.2) is 37.3 Å². The summed E-state index contributed by atoms with van der Waals surface area (Å²) in [6.45, 7) is 5.72. The van der Waals surface area contributed by atoms with E-state index in [1.54, 1.807) is 19.1 Å². The minimum Gasteiger partial charge on any atom is -0.314 e. The summed E-state index contributed by atoms with van der Waals surface area (Å²) >= 11 is 0. The molecule has 0 unspecified atom stereocenters. The third-order valence-electron chi connectivity index (χ3n) is 3.55. The molecule has 2 nitrogen and oxygen atoms in total. The first-order chi connectivity index (χ1) is 8.89. The smallest absolute Gasteiger partial charge is 0.314 e. The molecule has 0 saturated carbocycles. The summed E-state index contributed by atoms with van der Waals surface area (Å²) in [5, 5.41) is 3.09. The number of aryl methyl sites for hydroxylation is 2. The fourth-order valence-electron chi connectivity index (χ4n) is 2.65. The van der Waals surface area contributed by atoms with Crippen LogP contribution in [0.3, 0.4) is 0 Å². The van der Waals surface area contributed by atoms with E-state index in [0.717, 1.165) is 5.56 Å². The number of benzene rings is 1. The number of nitrogens with zero attached hydrogens (tertiary/aromatic N) is 1. The monoisotopic (exact) mass is 272 g/mol. The minimum absolute atomic E-state index is 0.375. The van der Waals surface area contributed by atoms with Crippen molar-refractivity contribution < 1.29 is 13.2 Å². The Labute approximate surface area is 111 Å². The molecular formula is C14H19F3N2. The summed E-state index contributed by atoms with van der Waals surface area (Å²) in [4.78, 5) is 1.52. The highest BCUT2D eigenvalue weighted by Crippen LogP contribution is 2.39. The van der Waals surface area contributed by atoms with Crippen LogP contribution < -0.4 is 5.32 Å². The number of nitrogens with one attached hydrogen (secondary N) is 1. The molecule has 2 rings (SSSR count). The molecule has 1 aromatic carbocycles. The molecule has 1 saturated heterocycles. The number of piperazine rings is 1. The Morgan fingerprint density at radius 2 is 1.79 bits per heavy atom. The molecule has 1 aliphatic rings. The van der Waals surface area contributed by atoms with Crippen LogP contribution in [0.25, 0.3) is 0 Å². The third kappa shape index (κ3) is 3.28. The molecule has 0 spiro atoms. The molecule has 1 fully saturated rings. The molecule has 19 heavy (non-hydrogen) atoms. The topological polar surface area (TPSA) is 15.3 Å². The lowest BCUT2D eigenvalue weighted by atomic mass is 9.97. The predicted molar refractivity (Wildman–Crippen MR) is 69.2 cm³/mol. The zero-order valence-electron chi connectivity index (χ0n) is 11.2. The summed E-state index contributed by atoms with van der Waals surface area (Å²) < 4.78 is 40.2. The Bertz CT molecular complexity index is 437. The molecule has 1 aliphatic heterocycles. The summed E-state index contributed by atoms with van der Waals surface area (Å²) in [5.74, 6) is 0. The van der Waals surface area contributed by atoms with Crippen LogP contribution in [0.2, 0.25) is 0 Å². The first kappa shape index (κ1) is 14.3. The molecule has 1 heterocycles. The second-order valence-corrected chi connectivity index (χ2v) is 5.09. The number of alkyl halides is 3. The van der Waals surface area contributed by atoms with Gasteiger partial charge in [-0.1, -0.05) is 23.8 Å². The second-order valence-electron chi connectivity index (χ2n) is 5.09. The van der Waals surface area contributed by atoms with Gasteiger partial charge in [0.25, 0.3) is 0 Å². The van der Waals surface area contributed by atoms with Gasteiger partial charge in [0, 0.05) is 26.2 Å². The van der Waals surface area contributed by atoms with Crippen molar-refractivity contribution in [2.75, 3.05) is 26.2 Å². The van der Waals surface area contributed by atoms with Crippen molar-refractivity contribution in [3.8, 4) is 0 Å². The molecule has 1 aromatic rings.